The summed E-state index contributed by atoms with van der Waals surface area (Å²) in [6.45, 7) is 0.496. The molecule has 0 saturated heterocycles. The molecule has 0 radical (unpaired) electrons. The molecule has 3 aromatic rings. The number of nitrogens with zero attached hydrogens (tertiary/aromatic N) is 2. The summed E-state index contributed by atoms with van der Waals surface area (Å²) in [5, 5.41) is 6.80. The summed E-state index contributed by atoms with van der Waals surface area (Å²) in [6.07, 6.45) is 3.44. The Morgan fingerprint density at radius 1 is 1.17 bits per heavy atom. The molecular formula is C18H17N3O2S. The number of ether oxygens (including phenoxy) is 2. The Morgan fingerprint density at radius 3 is 2.79 bits per heavy atom. The fraction of sp³-hybridized carbons (Fsp3) is 0.111. The van der Waals surface area contributed by atoms with Gasteiger partial charge in [-0.2, -0.15) is 5.10 Å². The number of aromatic nitrogens is 1. The van der Waals surface area contributed by atoms with Crippen molar-refractivity contribution in [3.8, 4) is 11.5 Å². The highest BCUT2D eigenvalue weighted by atomic mass is 32.1. The molecule has 0 unspecified atom stereocenters. The van der Waals surface area contributed by atoms with Crippen LogP contribution < -0.4 is 14.9 Å². The average molecular weight is 339 g/mol. The van der Waals surface area contributed by atoms with Crippen LogP contribution in [0.3, 0.4) is 0 Å². The van der Waals surface area contributed by atoms with E-state index in [9.17, 15) is 0 Å². The summed E-state index contributed by atoms with van der Waals surface area (Å²) in [6, 6.07) is 15.7. The average Bonchev–Trinajstić information content (AvgIpc) is 3.15. The zero-order valence-corrected chi connectivity index (χ0v) is 14.0. The highest BCUT2D eigenvalue weighted by molar-refractivity contribution is 7.13. The van der Waals surface area contributed by atoms with E-state index in [0.717, 1.165) is 16.3 Å². The van der Waals surface area contributed by atoms with Crippen LogP contribution in [0.5, 0.6) is 11.5 Å². The van der Waals surface area contributed by atoms with Crippen LogP contribution in [0, 0.1) is 0 Å². The van der Waals surface area contributed by atoms with Gasteiger partial charge in [-0.05, 0) is 29.3 Å². The summed E-state index contributed by atoms with van der Waals surface area (Å²) in [7, 11) is 1.62. The number of methoxy groups -OCH3 is 1. The molecule has 1 N–H and O–H groups in total. The first-order valence-corrected chi connectivity index (χ1v) is 8.26. The highest BCUT2D eigenvalue weighted by Crippen LogP contribution is 2.28. The lowest BCUT2D eigenvalue weighted by Crippen LogP contribution is -1.98. The van der Waals surface area contributed by atoms with Crippen molar-refractivity contribution in [2.45, 2.75) is 6.61 Å². The van der Waals surface area contributed by atoms with Crippen molar-refractivity contribution < 1.29 is 9.47 Å². The van der Waals surface area contributed by atoms with Crippen LogP contribution in [0.15, 0.2) is 65.2 Å². The van der Waals surface area contributed by atoms with Gasteiger partial charge in [0.2, 0.25) is 5.13 Å². The molecule has 2 aromatic carbocycles. The van der Waals surface area contributed by atoms with E-state index in [1.165, 1.54) is 11.3 Å². The second kappa shape index (κ2) is 8.12. The summed E-state index contributed by atoms with van der Waals surface area (Å²) < 4.78 is 11.2. The minimum absolute atomic E-state index is 0.496. The van der Waals surface area contributed by atoms with Crippen molar-refractivity contribution in [3.63, 3.8) is 0 Å². The Bertz CT molecular complexity index is 789. The Balaban J connectivity index is 1.65. The smallest absolute Gasteiger partial charge is 0.203 e. The third-order valence-electron chi connectivity index (χ3n) is 3.23. The Morgan fingerprint density at radius 2 is 2.04 bits per heavy atom. The van der Waals surface area contributed by atoms with Crippen LogP contribution >= 0.6 is 11.3 Å². The molecule has 3 rings (SSSR count). The maximum atomic E-state index is 5.84. The SMILES string of the molecule is COc1cc(/C=N\Nc2nccs2)ccc1OCc1ccccc1. The van der Waals surface area contributed by atoms with E-state index in [1.807, 2.05) is 53.9 Å². The summed E-state index contributed by atoms with van der Waals surface area (Å²) in [4.78, 5) is 4.10. The van der Waals surface area contributed by atoms with E-state index < -0.39 is 0 Å². The number of benzene rings is 2. The van der Waals surface area contributed by atoms with E-state index in [0.29, 0.717) is 18.1 Å². The molecule has 0 fully saturated rings. The Labute approximate surface area is 144 Å². The fourth-order valence-corrected chi connectivity index (χ4v) is 2.54. The van der Waals surface area contributed by atoms with Gasteiger partial charge in [0, 0.05) is 11.6 Å². The molecule has 122 valence electrons. The van der Waals surface area contributed by atoms with Crippen LogP contribution in [-0.2, 0) is 6.61 Å². The predicted octanol–water partition coefficient (Wildman–Crippen LogP) is 4.18. The zero-order chi connectivity index (χ0) is 16.6. The van der Waals surface area contributed by atoms with E-state index in [-0.39, 0.29) is 0 Å². The third-order valence-corrected chi connectivity index (χ3v) is 3.91. The standard InChI is InChI=1S/C18H17N3O2S/c1-22-17-11-15(12-20-21-18-19-9-10-24-18)7-8-16(17)23-13-14-5-3-2-4-6-14/h2-12H,13H2,1H3,(H,19,21)/b20-12-. The molecule has 5 nitrogen and oxygen atoms in total. The van der Waals surface area contributed by atoms with Gasteiger partial charge in [0.1, 0.15) is 6.61 Å². The fourth-order valence-electron chi connectivity index (χ4n) is 2.06. The first-order valence-electron chi connectivity index (χ1n) is 7.38. The quantitative estimate of drug-likeness (QED) is 0.518. The van der Waals surface area contributed by atoms with Gasteiger partial charge in [-0.3, -0.25) is 5.43 Å². The molecule has 1 heterocycles. The van der Waals surface area contributed by atoms with Gasteiger partial charge < -0.3 is 9.47 Å². The second-order valence-electron chi connectivity index (χ2n) is 4.89. The first kappa shape index (κ1) is 16.0. The molecular weight excluding hydrogens is 322 g/mol. The molecule has 1 aromatic heterocycles. The summed E-state index contributed by atoms with van der Waals surface area (Å²) in [5.41, 5.74) is 4.89. The largest absolute Gasteiger partial charge is 0.493 e. The first-order chi connectivity index (χ1) is 11.8. The lowest BCUT2D eigenvalue weighted by atomic mass is 10.2. The number of thiazole rings is 1. The van der Waals surface area contributed by atoms with Gasteiger partial charge in [-0.25, -0.2) is 4.98 Å². The molecule has 0 spiro atoms. The van der Waals surface area contributed by atoms with Gasteiger partial charge in [0.05, 0.1) is 13.3 Å². The number of anilines is 1. The monoisotopic (exact) mass is 339 g/mol. The number of hydrazone groups is 1. The third kappa shape index (κ3) is 4.33. The normalized spacial score (nSPS) is 10.7. The van der Waals surface area contributed by atoms with E-state index >= 15 is 0 Å². The maximum absolute atomic E-state index is 5.84. The molecule has 0 aliphatic heterocycles. The van der Waals surface area contributed by atoms with E-state index in [4.69, 9.17) is 9.47 Å². The number of rotatable bonds is 7. The van der Waals surface area contributed by atoms with Crippen LogP contribution in [0.25, 0.3) is 0 Å². The minimum Gasteiger partial charge on any atom is -0.493 e. The van der Waals surface area contributed by atoms with Gasteiger partial charge >= 0.3 is 0 Å². The van der Waals surface area contributed by atoms with Crippen LogP contribution in [-0.4, -0.2) is 18.3 Å². The number of hydrogen-bond donors (Lipinski definition) is 1. The van der Waals surface area contributed by atoms with Crippen molar-refractivity contribution in [1.82, 2.24) is 4.98 Å². The summed E-state index contributed by atoms with van der Waals surface area (Å²) >= 11 is 1.49. The Hall–Kier alpha value is -2.86. The molecule has 24 heavy (non-hydrogen) atoms. The van der Waals surface area contributed by atoms with Crippen LogP contribution in [0.2, 0.25) is 0 Å². The van der Waals surface area contributed by atoms with Gasteiger partial charge in [0.15, 0.2) is 11.5 Å². The van der Waals surface area contributed by atoms with Crippen molar-refractivity contribution in [2.75, 3.05) is 12.5 Å². The molecule has 0 aliphatic carbocycles. The van der Waals surface area contributed by atoms with Crippen molar-refractivity contribution >= 4 is 22.7 Å². The molecule has 0 saturated carbocycles. The molecule has 6 heteroatoms. The van der Waals surface area contributed by atoms with Gasteiger partial charge in [-0.1, -0.05) is 30.3 Å². The predicted molar refractivity (Wildman–Crippen MR) is 97.1 cm³/mol. The summed E-state index contributed by atoms with van der Waals surface area (Å²) in [5.74, 6) is 1.37. The number of hydrogen-bond acceptors (Lipinski definition) is 6. The molecule has 0 bridgehead atoms. The second-order valence-corrected chi connectivity index (χ2v) is 5.79. The Kier molecular flexibility index (Phi) is 5.42. The highest BCUT2D eigenvalue weighted by Gasteiger charge is 2.05. The van der Waals surface area contributed by atoms with Crippen LogP contribution in [0.1, 0.15) is 11.1 Å². The van der Waals surface area contributed by atoms with Gasteiger partial charge in [-0.15, -0.1) is 11.3 Å². The maximum Gasteiger partial charge on any atom is 0.203 e. The number of nitrogens with one attached hydrogen (secondary N) is 1. The minimum atomic E-state index is 0.496. The van der Waals surface area contributed by atoms with E-state index in [1.54, 1.807) is 19.5 Å². The molecule has 0 atom stereocenters. The van der Waals surface area contributed by atoms with Gasteiger partial charge in [0.25, 0.3) is 0 Å². The molecule has 0 aliphatic rings. The van der Waals surface area contributed by atoms with Crippen molar-refractivity contribution in [3.05, 3.63) is 71.2 Å². The van der Waals surface area contributed by atoms with E-state index in [2.05, 4.69) is 15.5 Å². The van der Waals surface area contributed by atoms with Crippen molar-refractivity contribution in [1.29, 1.82) is 0 Å². The topological polar surface area (TPSA) is 55.7 Å². The zero-order valence-electron chi connectivity index (χ0n) is 13.2. The van der Waals surface area contributed by atoms with Crippen molar-refractivity contribution in [2.24, 2.45) is 5.10 Å². The lowest BCUT2D eigenvalue weighted by molar-refractivity contribution is 0.284. The molecule has 0 amide bonds. The lowest BCUT2D eigenvalue weighted by Gasteiger charge is -2.11. The van der Waals surface area contributed by atoms with Crippen LogP contribution in [0.4, 0.5) is 5.13 Å².